The molecule has 6 nitrogen and oxygen atoms in total. The Morgan fingerprint density at radius 2 is 1.92 bits per heavy atom. The molecule has 0 spiro atoms. The van der Waals surface area contributed by atoms with Crippen LogP contribution >= 0.6 is 0 Å². The Balaban J connectivity index is 2.55. The normalized spacial score (nSPS) is 20.2. The fourth-order valence-electron chi connectivity index (χ4n) is 2.85. The molecule has 2 amide bonds. The van der Waals surface area contributed by atoms with Gasteiger partial charge in [-0.15, -0.1) is 0 Å². The van der Waals surface area contributed by atoms with Gasteiger partial charge in [0.05, 0.1) is 18.6 Å². The van der Waals surface area contributed by atoms with Gasteiger partial charge in [-0.2, -0.15) is 0 Å². The van der Waals surface area contributed by atoms with Gasteiger partial charge < -0.3 is 16.0 Å². The molecule has 3 N–H and O–H groups in total. The molecular formula is C18H33N3O3. The Labute approximate surface area is 145 Å². The van der Waals surface area contributed by atoms with E-state index in [9.17, 15) is 14.4 Å². The molecule has 2 atom stereocenters. The Morgan fingerprint density at radius 3 is 2.50 bits per heavy atom. The molecule has 0 aromatic carbocycles. The molecule has 0 radical (unpaired) electrons. The summed E-state index contributed by atoms with van der Waals surface area (Å²) < 4.78 is 0. The van der Waals surface area contributed by atoms with E-state index in [4.69, 9.17) is 5.73 Å². The summed E-state index contributed by atoms with van der Waals surface area (Å²) in [5.41, 5.74) is 5.88. The summed E-state index contributed by atoms with van der Waals surface area (Å²) in [6, 6.07) is -1.12. The van der Waals surface area contributed by atoms with Crippen molar-refractivity contribution in [3.63, 3.8) is 0 Å². The molecular weight excluding hydrogens is 306 g/mol. The number of carbonyl (C=O) groups is 3. The van der Waals surface area contributed by atoms with Crippen molar-refractivity contribution >= 4 is 17.6 Å². The fourth-order valence-corrected chi connectivity index (χ4v) is 2.85. The predicted octanol–water partition coefficient (Wildman–Crippen LogP) is 1.47. The van der Waals surface area contributed by atoms with Crippen LogP contribution in [0.25, 0.3) is 0 Å². The lowest BCUT2D eigenvalue weighted by molar-refractivity contribution is -0.135. The number of rotatable bonds is 7. The van der Waals surface area contributed by atoms with Gasteiger partial charge in [-0.1, -0.05) is 27.7 Å². The first-order chi connectivity index (χ1) is 11.2. The molecule has 0 bridgehead atoms. The number of nitrogens with two attached hydrogens (primary N) is 1. The molecule has 1 rings (SSSR count). The van der Waals surface area contributed by atoms with E-state index in [0.29, 0.717) is 44.1 Å². The summed E-state index contributed by atoms with van der Waals surface area (Å²) in [6.07, 6.45) is 3.16. The fraction of sp³-hybridized carbons (Fsp3) is 0.833. The van der Waals surface area contributed by atoms with Gasteiger partial charge in [0.15, 0.2) is 5.78 Å². The SMILES string of the molecule is CC(C)CCC(=O)N1CCCC(NC(=O)[C@@H](N)CC(C)C)C(=O)C1. The van der Waals surface area contributed by atoms with Crippen molar-refractivity contribution in [3.05, 3.63) is 0 Å². The van der Waals surface area contributed by atoms with Crippen molar-refractivity contribution in [2.75, 3.05) is 13.1 Å². The van der Waals surface area contributed by atoms with E-state index in [-0.39, 0.29) is 24.1 Å². The summed E-state index contributed by atoms with van der Waals surface area (Å²) in [4.78, 5) is 38.4. The Morgan fingerprint density at radius 1 is 1.25 bits per heavy atom. The van der Waals surface area contributed by atoms with E-state index in [1.807, 2.05) is 13.8 Å². The standard InChI is InChI=1S/C18H33N3O3/c1-12(2)7-8-17(23)21-9-5-6-15(16(22)11-21)20-18(24)14(19)10-13(3)4/h12-15H,5-11,19H2,1-4H3,(H,20,24)/t14-,15?/m0/s1. The maximum atomic E-state index is 12.4. The van der Waals surface area contributed by atoms with Crippen molar-refractivity contribution in [3.8, 4) is 0 Å². The van der Waals surface area contributed by atoms with Crippen LogP contribution < -0.4 is 11.1 Å². The van der Waals surface area contributed by atoms with Gasteiger partial charge in [-0.3, -0.25) is 14.4 Å². The van der Waals surface area contributed by atoms with Crippen LogP contribution in [0.1, 0.15) is 59.8 Å². The van der Waals surface area contributed by atoms with Crippen LogP contribution in [-0.4, -0.2) is 47.7 Å². The summed E-state index contributed by atoms with van der Waals surface area (Å²) in [5, 5.41) is 2.77. The smallest absolute Gasteiger partial charge is 0.237 e. The third kappa shape index (κ3) is 6.99. The number of Topliss-reactive ketones (excluding diaryl/α,β-unsaturated/α-hetero) is 1. The van der Waals surface area contributed by atoms with Crippen LogP contribution in [0.15, 0.2) is 0 Å². The summed E-state index contributed by atoms with van der Waals surface area (Å²) in [7, 11) is 0. The van der Waals surface area contributed by atoms with Gasteiger partial charge in [-0.05, 0) is 37.5 Å². The van der Waals surface area contributed by atoms with Crippen LogP contribution in [0.5, 0.6) is 0 Å². The number of amides is 2. The lowest BCUT2D eigenvalue weighted by atomic mass is 10.0. The molecule has 1 saturated heterocycles. The summed E-state index contributed by atoms with van der Waals surface area (Å²) >= 11 is 0. The van der Waals surface area contributed by atoms with Gasteiger partial charge in [-0.25, -0.2) is 0 Å². The first-order valence-corrected chi connectivity index (χ1v) is 9.07. The number of hydrogen-bond acceptors (Lipinski definition) is 4. The van der Waals surface area contributed by atoms with E-state index >= 15 is 0 Å². The predicted molar refractivity (Wildman–Crippen MR) is 94.3 cm³/mol. The van der Waals surface area contributed by atoms with Crippen molar-refractivity contribution < 1.29 is 14.4 Å². The van der Waals surface area contributed by atoms with E-state index in [1.165, 1.54) is 0 Å². The third-order valence-electron chi connectivity index (χ3n) is 4.32. The monoisotopic (exact) mass is 339 g/mol. The molecule has 0 aromatic heterocycles. The number of hydrogen-bond donors (Lipinski definition) is 2. The van der Waals surface area contributed by atoms with Crippen molar-refractivity contribution in [1.29, 1.82) is 0 Å². The molecule has 1 heterocycles. The topological polar surface area (TPSA) is 92.5 Å². The zero-order valence-corrected chi connectivity index (χ0v) is 15.5. The van der Waals surface area contributed by atoms with Crippen LogP contribution in [-0.2, 0) is 14.4 Å². The Hall–Kier alpha value is -1.43. The maximum absolute atomic E-state index is 12.4. The molecule has 0 aliphatic carbocycles. The second-order valence-electron chi connectivity index (χ2n) is 7.65. The van der Waals surface area contributed by atoms with Crippen LogP contribution in [0.3, 0.4) is 0 Å². The highest BCUT2D eigenvalue weighted by Gasteiger charge is 2.29. The highest BCUT2D eigenvalue weighted by molar-refractivity contribution is 5.94. The number of likely N-dealkylation sites (tertiary alicyclic amines) is 1. The molecule has 1 aliphatic heterocycles. The first-order valence-electron chi connectivity index (χ1n) is 9.07. The van der Waals surface area contributed by atoms with E-state index < -0.39 is 12.1 Å². The highest BCUT2D eigenvalue weighted by atomic mass is 16.2. The Kier molecular flexibility index (Phi) is 8.39. The summed E-state index contributed by atoms with van der Waals surface area (Å²) in [6.45, 7) is 8.82. The average molecular weight is 339 g/mol. The van der Waals surface area contributed by atoms with Gasteiger partial charge in [0.2, 0.25) is 11.8 Å². The zero-order valence-electron chi connectivity index (χ0n) is 15.5. The molecule has 138 valence electrons. The lowest BCUT2D eigenvalue weighted by Gasteiger charge is -2.21. The average Bonchev–Trinajstić information content (AvgIpc) is 2.66. The molecule has 0 saturated carbocycles. The number of ketones is 1. The largest absolute Gasteiger partial charge is 0.345 e. The number of carbonyl (C=O) groups excluding carboxylic acids is 3. The number of nitrogens with one attached hydrogen (secondary N) is 1. The van der Waals surface area contributed by atoms with Crippen molar-refractivity contribution in [2.45, 2.75) is 71.9 Å². The van der Waals surface area contributed by atoms with Crippen molar-refractivity contribution in [1.82, 2.24) is 10.2 Å². The molecule has 0 aromatic rings. The minimum atomic E-state index is -0.593. The minimum absolute atomic E-state index is 0.0283. The molecule has 1 unspecified atom stereocenters. The van der Waals surface area contributed by atoms with E-state index in [2.05, 4.69) is 19.2 Å². The maximum Gasteiger partial charge on any atom is 0.237 e. The van der Waals surface area contributed by atoms with Crippen LogP contribution in [0, 0.1) is 11.8 Å². The van der Waals surface area contributed by atoms with Gasteiger partial charge in [0.25, 0.3) is 0 Å². The zero-order chi connectivity index (χ0) is 18.3. The summed E-state index contributed by atoms with van der Waals surface area (Å²) in [5.74, 6) is 0.438. The lowest BCUT2D eigenvalue weighted by Crippen LogP contribution is -2.50. The Bertz CT molecular complexity index is 449. The molecule has 24 heavy (non-hydrogen) atoms. The number of nitrogens with zero attached hydrogens (tertiary/aromatic N) is 1. The second kappa shape index (κ2) is 9.77. The van der Waals surface area contributed by atoms with E-state index in [1.54, 1.807) is 4.90 Å². The molecule has 1 fully saturated rings. The van der Waals surface area contributed by atoms with Gasteiger partial charge in [0.1, 0.15) is 0 Å². The first kappa shape index (κ1) is 20.6. The molecule has 6 heteroatoms. The van der Waals surface area contributed by atoms with Gasteiger partial charge in [0, 0.05) is 13.0 Å². The third-order valence-corrected chi connectivity index (χ3v) is 4.32. The highest BCUT2D eigenvalue weighted by Crippen LogP contribution is 2.13. The molecule has 1 aliphatic rings. The van der Waals surface area contributed by atoms with Crippen LogP contribution in [0.4, 0.5) is 0 Å². The minimum Gasteiger partial charge on any atom is -0.345 e. The van der Waals surface area contributed by atoms with Crippen molar-refractivity contribution in [2.24, 2.45) is 17.6 Å². The quantitative estimate of drug-likeness (QED) is 0.734. The van der Waals surface area contributed by atoms with Crippen LogP contribution in [0.2, 0.25) is 0 Å². The van der Waals surface area contributed by atoms with E-state index in [0.717, 1.165) is 6.42 Å². The second-order valence-corrected chi connectivity index (χ2v) is 7.65. The van der Waals surface area contributed by atoms with Gasteiger partial charge >= 0.3 is 0 Å².